The number of pyridine rings is 1. The van der Waals surface area contributed by atoms with Gasteiger partial charge in [-0.2, -0.15) is 0 Å². The Morgan fingerprint density at radius 3 is 2.53 bits per heavy atom. The van der Waals surface area contributed by atoms with Crippen molar-refractivity contribution in [3.05, 3.63) is 65.5 Å². The highest BCUT2D eigenvalue weighted by Gasteiger charge is 2.15. The lowest BCUT2D eigenvalue weighted by Gasteiger charge is -2.17. The second-order valence-electron chi connectivity index (χ2n) is 4.65. The molecule has 1 unspecified atom stereocenters. The van der Waals surface area contributed by atoms with Gasteiger partial charge in [-0.3, -0.25) is 9.78 Å². The van der Waals surface area contributed by atoms with Crippen LogP contribution in [0.25, 0.3) is 0 Å². The number of hydrogen-bond acceptors (Lipinski definition) is 2. The molecule has 1 N–H and O–H groups in total. The molecule has 0 spiro atoms. The Labute approximate surface area is 113 Å². The van der Waals surface area contributed by atoms with Crippen LogP contribution in [0.3, 0.4) is 0 Å². The Balaban J connectivity index is 2.28. The summed E-state index contributed by atoms with van der Waals surface area (Å²) in [5.74, 6) is 0.0683. The Bertz CT molecular complexity index is 534. The SMILES string of the molecule is CC(=O)NCC(c1ccc(C)cc1)c1ccccn1. The fourth-order valence-electron chi connectivity index (χ4n) is 2.02. The second kappa shape index (κ2) is 6.14. The van der Waals surface area contributed by atoms with E-state index in [9.17, 15) is 4.79 Å². The molecule has 3 nitrogen and oxygen atoms in total. The van der Waals surface area contributed by atoms with E-state index in [4.69, 9.17) is 0 Å². The van der Waals surface area contributed by atoms with Crippen LogP contribution in [0.4, 0.5) is 0 Å². The first-order chi connectivity index (χ1) is 9.16. The van der Waals surface area contributed by atoms with Gasteiger partial charge in [-0.1, -0.05) is 35.9 Å². The molecule has 0 aliphatic carbocycles. The molecule has 1 aromatic heterocycles. The third-order valence-corrected chi connectivity index (χ3v) is 3.08. The predicted octanol–water partition coefficient (Wildman–Crippen LogP) is 2.66. The van der Waals surface area contributed by atoms with Gasteiger partial charge in [0.15, 0.2) is 0 Å². The monoisotopic (exact) mass is 254 g/mol. The molecule has 1 atom stereocenters. The van der Waals surface area contributed by atoms with E-state index in [1.807, 2.05) is 18.2 Å². The second-order valence-corrected chi connectivity index (χ2v) is 4.65. The lowest BCUT2D eigenvalue weighted by molar-refractivity contribution is -0.118. The normalized spacial score (nSPS) is 11.9. The minimum atomic E-state index is -0.0203. The number of aromatic nitrogens is 1. The molecule has 0 bridgehead atoms. The van der Waals surface area contributed by atoms with Crippen LogP contribution in [0.5, 0.6) is 0 Å². The first-order valence-electron chi connectivity index (χ1n) is 6.39. The molecule has 1 heterocycles. The van der Waals surface area contributed by atoms with Crippen molar-refractivity contribution in [1.82, 2.24) is 10.3 Å². The van der Waals surface area contributed by atoms with Crippen molar-refractivity contribution in [2.45, 2.75) is 19.8 Å². The molecule has 0 aliphatic heterocycles. The van der Waals surface area contributed by atoms with Gasteiger partial charge in [0.1, 0.15) is 0 Å². The average Bonchev–Trinajstić information content (AvgIpc) is 2.42. The summed E-state index contributed by atoms with van der Waals surface area (Å²) in [4.78, 5) is 15.5. The Morgan fingerprint density at radius 1 is 1.21 bits per heavy atom. The third-order valence-electron chi connectivity index (χ3n) is 3.08. The number of nitrogens with one attached hydrogen (secondary N) is 1. The van der Waals surface area contributed by atoms with Crippen LogP contribution in [-0.2, 0) is 4.79 Å². The lowest BCUT2D eigenvalue weighted by atomic mass is 9.94. The summed E-state index contributed by atoms with van der Waals surface area (Å²) in [6.45, 7) is 4.16. The molecule has 1 amide bonds. The number of carbonyl (C=O) groups excluding carboxylic acids is 1. The van der Waals surface area contributed by atoms with E-state index < -0.39 is 0 Å². The summed E-state index contributed by atoms with van der Waals surface area (Å²) in [6, 6.07) is 14.2. The molecule has 1 aromatic carbocycles. The van der Waals surface area contributed by atoms with E-state index in [0.29, 0.717) is 6.54 Å². The maximum absolute atomic E-state index is 11.1. The maximum atomic E-state index is 11.1. The van der Waals surface area contributed by atoms with Crippen LogP contribution >= 0.6 is 0 Å². The maximum Gasteiger partial charge on any atom is 0.216 e. The van der Waals surface area contributed by atoms with Gasteiger partial charge in [0.25, 0.3) is 0 Å². The number of aryl methyl sites for hydroxylation is 1. The average molecular weight is 254 g/mol. The summed E-state index contributed by atoms with van der Waals surface area (Å²) >= 11 is 0. The highest BCUT2D eigenvalue weighted by atomic mass is 16.1. The van der Waals surface area contributed by atoms with Gasteiger partial charge in [0.05, 0.1) is 0 Å². The van der Waals surface area contributed by atoms with E-state index in [1.54, 1.807) is 6.20 Å². The van der Waals surface area contributed by atoms with E-state index in [-0.39, 0.29) is 11.8 Å². The number of nitrogens with zero attached hydrogens (tertiary/aromatic N) is 1. The van der Waals surface area contributed by atoms with Crippen molar-refractivity contribution in [2.24, 2.45) is 0 Å². The Morgan fingerprint density at radius 2 is 1.95 bits per heavy atom. The van der Waals surface area contributed by atoms with Crippen LogP contribution in [-0.4, -0.2) is 17.4 Å². The van der Waals surface area contributed by atoms with Gasteiger partial charge < -0.3 is 5.32 Å². The minimum absolute atomic E-state index is 0.0203. The molecule has 3 heteroatoms. The summed E-state index contributed by atoms with van der Waals surface area (Å²) < 4.78 is 0. The zero-order valence-electron chi connectivity index (χ0n) is 11.3. The molecule has 2 aromatic rings. The Hall–Kier alpha value is -2.16. The molecule has 0 saturated carbocycles. The van der Waals surface area contributed by atoms with Gasteiger partial charge in [0.2, 0.25) is 5.91 Å². The summed E-state index contributed by atoms with van der Waals surface area (Å²) in [6.07, 6.45) is 1.78. The van der Waals surface area contributed by atoms with Crippen molar-refractivity contribution in [3.8, 4) is 0 Å². The zero-order chi connectivity index (χ0) is 13.7. The van der Waals surface area contributed by atoms with Crippen LogP contribution < -0.4 is 5.32 Å². The quantitative estimate of drug-likeness (QED) is 0.911. The van der Waals surface area contributed by atoms with E-state index >= 15 is 0 Å². The summed E-state index contributed by atoms with van der Waals surface area (Å²) in [5.41, 5.74) is 3.36. The van der Waals surface area contributed by atoms with Crippen molar-refractivity contribution in [2.75, 3.05) is 6.54 Å². The molecule has 98 valence electrons. The fraction of sp³-hybridized carbons (Fsp3) is 0.250. The summed E-state index contributed by atoms with van der Waals surface area (Å²) in [7, 11) is 0. The van der Waals surface area contributed by atoms with Crippen LogP contribution in [0, 0.1) is 6.92 Å². The van der Waals surface area contributed by atoms with Crippen molar-refractivity contribution >= 4 is 5.91 Å². The van der Waals surface area contributed by atoms with Crippen molar-refractivity contribution in [3.63, 3.8) is 0 Å². The van der Waals surface area contributed by atoms with Crippen LogP contribution in [0.15, 0.2) is 48.7 Å². The van der Waals surface area contributed by atoms with Crippen molar-refractivity contribution in [1.29, 1.82) is 0 Å². The first kappa shape index (κ1) is 13.3. The zero-order valence-corrected chi connectivity index (χ0v) is 11.3. The number of carbonyl (C=O) groups is 1. The highest BCUT2D eigenvalue weighted by molar-refractivity contribution is 5.72. The van der Waals surface area contributed by atoms with E-state index in [2.05, 4.69) is 41.5 Å². The molecule has 0 fully saturated rings. The largest absolute Gasteiger partial charge is 0.355 e. The van der Waals surface area contributed by atoms with E-state index in [1.165, 1.54) is 12.5 Å². The molecule has 2 rings (SSSR count). The lowest BCUT2D eigenvalue weighted by Crippen LogP contribution is -2.27. The number of benzene rings is 1. The topological polar surface area (TPSA) is 42.0 Å². The molecular formula is C16H18N2O. The van der Waals surface area contributed by atoms with Gasteiger partial charge >= 0.3 is 0 Å². The highest BCUT2D eigenvalue weighted by Crippen LogP contribution is 2.22. The van der Waals surface area contributed by atoms with Gasteiger partial charge in [-0.05, 0) is 24.6 Å². The number of amides is 1. The predicted molar refractivity (Wildman–Crippen MR) is 75.9 cm³/mol. The molecule has 19 heavy (non-hydrogen) atoms. The smallest absolute Gasteiger partial charge is 0.216 e. The van der Waals surface area contributed by atoms with Gasteiger partial charge in [0, 0.05) is 31.3 Å². The molecule has 0 aliphatic rings. The number of hydrogen-bond donors (Lipinski definition) is 1. The minimum Gasteiger partial charge on any atom is -0.355 e. The molecule has 0 radical (unpaired) electrons. The first-order valence-corrected chi connectivity index (χ1v) is 6.39. The van der Waals surface area contributed by atoms with E-state index in [0.717, 1.165) is 11.3 Å². The van der Waals surface area contributed by atoms with Crippen LogP contribution in [0.2, 0.25) is 0 Å². The fourth-order valence-corrected chi connectivity index (χ4v) is 2.02. The number of rotatable bonds is 4. The van der Waals surface area contributed by atoms with Crippen molar-refractivity contribution < 1.29 is 4.79 Å². The Kier molecular flexibility index (Phi) is 4.29. The standard InChI is InChI=1S/C16H18N2O/c1-12-6-8-14(9-7-12)15(11-18-13(2)19)16-5-3-4-10-17-16/h3-10,15H,11H2,1-2H3,(H,18,19). The summed E-state index contributed by atoms with van der Waals surface area (Å²) in [5, 5.41) is 2.88. The molecular weight excluding hydrogens is 236 g/mol. The third kappa shape index (κ3) is 3.65. The van der Waals surface area contributed by atoms with Gasteiger partial charge in [-0.15, -0.1) is 0 Å². The van der Waals surface area contributed by atoms with Gasteiger partial charge in [-0.25, -0.2) is 0 Å². The molecule has 0 saturated heterocycles. The van der Waals surface area contributed by atoms with Crippen LogP contribution in [0.1, 0.15) is 29.7 Å².